The van der Waals surface area contributed by atoms with Gasteiger partial charge in [0.1, 0.15) is 12.0 Å². The summed E-state index contributed by atoms with van der Waals surface area (Å²) in [6.45, 7) is 5.16. The van der Waals surface area contributed by atoms with Crippen molar-refractivity contribution >= 4 is 5.78 Å². The number of carbonyl (C=O) groups is 1. The minimum Gasteiger partial charge on any atom is -0.493 e. The van der Waals surface area contributed by atoms with Crippen LogP contribution in [0.4, 0.5) is 0 Å². The number of ether oxygens (including phenoxy) is 3. The van der Waals surface area contributed by atoms with Gasteiger partial charge in [-0.15, -0.1) is 0 Å². The average Bonchev–Trinajstić information content (AvgIpc) is 3.27. The van der Waals surface area contributed by atoms with Crippen LogP contribution in [0.5, 0.6) is 17.2 Å². The molecule has 2 aromatic carbocycles. The van der Waals surface area contributed by atoms with E-state index >= 15 is 0 Å². The average molecular weight is 424 g/mol. The first-order valence-corrected chi connectivity index (χ1v) is 10.7. The van der Waals surface area contributed by atoms with E-state index in [9.17, 15) is 4.79 Å². The van der Waals surface area contributed by atoms with Crippen LogP contribution in [0.2, 0.25) is 0 Å². The van der Waals surface area contributed by atoms with Crippen LogP contribution in [-0.4, -0.2) is 31.1 Å². The molecule has 0 amide bonds. The summed E-state index contributed by atoms with van der Waals surface area (Å²) in [5.74, 6) is 2.45. The third-order valence-electron chi connectivity index (χ3n) is 4.81. The van der Waals surface area contributed by atoms with Crippen molar-refractivity contribution in [1.82, 2.24) is 4.98 Å². The van der Waals surface area contributed by atoms with Crippen molar-refractivity contribution in [2.75, 3.05) is 20.3 Å². The number of methoxy groups -OCH3 is 1. The first-order valence-electron chi connectivity index (χ1n) is 10.7. The van der Waals surface area contributed by atoms with Crippen LogP contribution >= 0.6 is 0 Å². The van der Waals surface area contributed by atoms with Gasteiger partial charge in [0.2, 0.25) is 5.89 Å². The molecule has 0 fully saturated rings. The van der Waals surface area contributed by atoms with Crippen molar-refractivity contribution in [1.29, 1.82) is 0 Å². The predicted molar refractivity (Wildman–Crippen MR) is 119 cm³/mol. The maximum absolute atomic E-state index is 12.7. The molecule has 0 spiro atoms. The number of Topliss-reactive ketones (excluding diaryl/α,β-unsaturated/α-hetero) is 1. The number of rotatable bonds is 12. The predicted octanol–water partition coefficient (Wildman–Crippen LogP) is 5.74. The third-order valence-corrected chi connectivity index (χ3v) is 4.81. The van der Waals surface area contributed by atoms with E-state index in [0.29, 0.717) is 54.8 Å². The van der Waals surface area contributed by atoms with Gasteiger partial charge in [-0.05, 0) is 43.7 Å². The molecular weight excluding hydrogens is 394 g/mol. The largest absolute Gasteiger partial charge is 0.493 e. The van der Waals surface area contributed by atoms with Gasteiger partial charge in [0.05, 0.1) is 31.6 Å². The molecule has 1 heterocycles. The first-order chi connectivity index (χ1) is 15.2. The van der Waals surface area contributed by atoms with Crippen LogP contribution < -0.4 is 14.2 Å². The Morgan fingerprint density at radius 1 is 1.03 bits per heavy atom. The van der Waals surface area contributed by atoms with Gasteiger partial charge in [-0.2, -0.15) is 0 Å². The van der Waals surface area contributed by atoms with Crippen molar-refractivity contribution < 1.29 is 23.4 Å². The molecule has 0 N–H and O–H groups in total. The van der Waals surface area contributed by atoms with E-state index in [-0.39, 0.29) is 5.78 Å². The van der Waals surface area contributed by atoms with Gasteiger partial charge in [0.15, 0.2) is 17.3 Å². The van der Waals surface area contributed by atoms with Crippen LogP contribution in [0.1, 0.15) is 49.2 Å². The summed E-state index contributed by atoms with van der Waals surface area (Å²) in [5, 5.41) is 0. The normalized spacial score (nSPS) is 10.7. The summed E-state index contributed by atoms with van der Waals surface area (Å²) in [5.41, 5.74) is 2.12. The zero-order chi connectivity index (χ0) is 22.1. The molecule has 0 unspecified atom stereocenters. The Kier molecular flexibility index (Phi) is 8.10. The number of oxazole rings is 1. The number of benzene rings is 2. The van der Waals surface area contributed by atoms with Crippen molar-refractivity contribution in [2.45, 2.75) is 39.5 Å². The molecule has 0 saturated carbocycles. The molecule has 0 aliphatic rings. The van der Waals surface area contributed by atoms with Gasteiger partial charge in [-0.25, -0.2) is 4.98 Å². The number of carbonyl (C=O) groups excluding carboxylic acids is 1. The van der Waals surface area contributed by atoms with E-state index in [0.717, 1.165) is 24.1 Å². The summed E-state index contributed by atoms with van der Waals surface area (Å²) in [7, 11) is 1.62. The molecule has 0 radical (unpaired) electrons. The van der Waals surface area contributed by atoms with E-state index < -0.39 is 0 Å². The molecule has 31 heavy (non-hydrogen) atoms. The van der Waals surface area contributed by atoms with Gasteiger partial charge in [-0.1, -0.05) is 25.5 Å². The van der Waals surface area contributed by atoms with Crippen LogP contribution in [0, 0.1) is 0 Å². The van der Waals surface area contributed by atoms with E-state index in [1.807, 2.05) is 43.3 Å². The summed E-state index contributed by atoms with van der Waals surface area (Å²) in [6, 6.07) is 12.9. The molecule has 0 aliphatic carbocycles. The number of aromatic nitrogens is 1. The number of ketones is 1. The molecule has 1 aromatic heterocycles. The second kappa shape index (κ2) is 11.2. The van der Waals surface area contributed by atoms with Gasteiger partial charge in [0, 0.05) is 18.4 Å². The van der Waals surface area contributed by atoms with Crippen molar-refractivity contribution in [2.24, 2.45) is 0 Å². The number of para-hydroxylation sites is 1. The standard InChI is InChI=1S/C25H29NO5/c1-4-6-15-30-24-16-18(11-14-23(24)28-3)25-26-19(17-31-25)12-13-21(27)20-9-7-8-10-22(20)29-5-2/h7-11,14,16-17H,4-6,12-13,15H2,1-3H3. The molecule has 0 aliphatic heterocycles. The Labute approximate surface area is 183 Å². The van der Waals surface area contributed by atoms with Crippen molar-refractivity contribution in [3.63, 3.8) is 0 Å². The molecule has 6 heteroatoms. The van der Waals surface area contributed by atoms with E-state index in [4.69, 9.17) is 18.6 Å². The summed E-state index contributed by atoms with van der Waals surface area (Å²) in [4.78, 5) is 17.2. The highest BCUT2D eigenvalue weighted by Crippen LogP contribution is 2.32. The Hall–Kier alpha value is -3.28. The Morgan fingerprint density at radius 3 is 2.65 bits per heavy atom. The maximum atomic E-state index is 12.7. The van der Waals surface area contributed by atoms with Crippen LogP contribution in [-0.2, 0) is 6.42 Å². The van der Waals surface area contributed by atoms with Gasteiger partial charge >= 0.3 is 0 Å². The highest BCUT2D eigenvalue weighted by Gasteiger charge is 2.15. The van der Waals surface area contributed by atoms with E-state index in [2.05, 4.69) is 11.9 Å². The minimum absolute atomic E-state index is 0.0182. The lowest BCUT2D eigenvalue weighted by Crippen LogP contribution is -2.05. The fourth-order valence-electron chi connectivity index (χ4n) is 3.16. The van der Waals surface area contributed by atoms with Gasteiger partial charge < -0.3 is 18.6 Å². The second-order valence-electron chi connectivity index (χ2n) is 7.06. The SMILES string of the molecule is CCCCOc1cc(-c2nc(CCC(=O)c3ccccc3OCC)co2)ccc1OC. The lowest BCUT2D eigenvalue weighted by molar-refractivity contribution is 0.0979. The second-order valence-corrected chi connectivity index (χ2v) is 7.06. The quantitative estimate of drug-likeness (QED) is 0.273. The van der Waals surface area contributed by atoms with Gasteiger partial charge in [0.25, 0.3) is 0 Å². The minimum atomic E-state index is 0.0182. The molecule has 6 nitrogen and oxygen atoms in total. The molecule has 3 rings (SSSR count). The summed E-state index contributed by atoms with van der Waals surface area (Å²) in [6.07, 6.45) is 4.43. The molecule has 0 bridgehead atoms. The van der Waals surface area contributed by atoms with Crippen LogP contribution in [0.15, 0.2) is 53.1 Å². The van der Waals surface area contributed by atoms with Crippen LogP contribution in [0.3, 0.4) is 0 Å². The third kappa shape index (κ3) is 5.87. The maximum Gasteiger partial charge on any atom is 0.226 e. The Balaban J connectivity index is 1.68. The summed E-state index contributed by atoms with van der Waals surface area (Å²) < 4.78 is 22.4. The zero-order valence-electron chi connectivity index (χ0n) is 18.3. The lowest BCUT2D eigenvalue weighted by Gasteiger charge is -2.11. The number of aryl methyl sites for hydroxylation is 1. The van der Waals surface area contributed by atoms with Crippen molar-refractivity contribution in [3.8, 4) is 28.7 Å². The number of hydrogen-bond acceptors (Lipinski definition) is 6. The van der Waals surface area contributed by atoms with E-state index in [1.54, 1.807) is 19.4 Å². The highest BCUT2D eigenvalue weighted by atomic mass is 16.5. The fraction of sp³-hybridized carbons (Fsp3) is 0.360. The van der Waals surface area contributed by atoms with E-state index in [1.165, 1.54) is 0 Å². The topological polar surface area (TPSA) is 70.8 Å². The smallest absolute Gasteiger partial charge is 0.226 e. The lowest BCUT2D eigenvalue weighted by atomic mass is 10.0. The Morgan fingerprint density at radius 2 is 1.87 bits per heavy atom. The molecule has 0 saturated heterocycles. The zero-order valence-corrected chi connectivity index (χ0v) is 18.3. The van der Waals surface area contributed by atoms with Gasteiger partial charge in [-0.3, -0.25) is 4.79 Å². The molecule has 0 atom stereocenters. The number of unbranched alkanes of at least 4 members (excludes halogenated alkanes) is 1. The number of nitrogens with zero attached hydrogens (tertiary/aromatic N) is 1. The molecule has 164 valence electrons. The number of hydrogen-bond donors (Lipinski definition) is 0. The Bertz CT molecular complexity index is 995. The highest BCUT2D eigenvalue weighted by molar-refractivity contribution is 5.98. The fourth-order valence-corrected chi connectivity index (χ4v) is 3.16. The van der Waals surface area contributed by atoms with Crippen molar-refractivity contribution in [3.05, 3.63) is 60.0 Å². The summed E-state index contributed by atoms with van der Waals surface area (Å²) >= 11 is 0. The molecule has 3 aromatic rings. The first kappa shape index (κ1) is 22.4. The molecular formula is C25H29NO5. The monoisotopic (exact) mass is 423 g/mol. The van der Waals surface area contributed by atoms with Crippen LogP contribution in [0.25, 0.3) is 11.5 Å².